The van der Waals surface area contributed by atoms with Crippen molar-refractivity contribution in [3.8, 4) is 0 Å². The Balaban J connectivity index is 2.21. The van der Waals surface area contributed by atoms with E-state index in [0.717, 1.165) is 16.8 Å². The van der Waals surface area contributed by atoms with Crippen molar-refractivity contribution in [2.45, 2.75) is 20.4 Å². The molecule has 0 aliphatic rings. The predicted molar refractivity (Wildman–Crippen MR) is 87.2 cm³/mol. The average Bonchev–Trinajstić information content (AvgIpc) is 2.51. The zero-order chi connectivity index (χ0) is 17.9. The molecular formula is C16H15N3O5. The number of ketones is 1. The second kappa shape index (κ2) is 6.86. The van der Waals surface area contributed by atoms with E-state index in [1.54, 1.807) is 18.2 Å². The van der Waals surface area contributed by atoms with Gasteiger partial charge in [0, 0.05) is 22.9 Å². The van der Waals surface area contributed by atoms with E-state index in [0.29, 0.717) is 11.3 Å². The number of nitro groups is 1. The van der Waals surface area contributed by atoms with Gasteiger partial charge in [-0.3, -0.25) is 29.1 Å². The number of nitrogens with one attached hydrogen (secondary N) is 1. The van der Waals surface area contributed by atoms with Gasteiger partial charge in [0.05, 0.1) is 11.1 Å². The summed E-state index contributed by atoms with van der Waals surface area (Å²) in [5.74, 6) is -0.672. The van der Waals surface area contributed by atoms with Crippen molar-refractivity contribution in [2.75, 3.05) is 5.32 Å². The standard InChI is InChI=1S/C16H15N3O5/c1-10-6-14(19(23)24)8-18(16(10)22)9-15(21)17-13-5-3-4-12(7-13)11(2)20/h3-8H,9H2,1-2H3,(H,17,21). The lowest BCUT2D eigenvalue weighted by Crippen LogP contribution is -2.28. The van der Waals surface area contributed by atoms with Crippen molar-refractivity contribution >= 4 is 23.1 Å². The lowest BCUT2D eigenvalue weighted by Gasteiger charge is -2.09. The molecule has 0 radical (unpaired) electrons. The van der Waals surface area contributed by atoms with E-state index in [1.807, 2.05) is 0 Å². The molecule has 124 valence electrons. The molecule has 0 bridgehead atoms. The molecule has 0 saturated carbocycles. The topological polar surface area (TPSA) is 111 Å². The Kier molecular flexibility index (Phi) is 4.88. The van der Waals surface area contributed by atoms with Crippen molar-refractivity contribution in [1.82, 2.24) is 4.57 Å². The number of benzene rings is 1. The molecule has 2 rings (SSSR count). The number of carbonyl (C=O) groups excluding carboxylic acids is 2. The van der Waals surface area contributed by atoms with Gasteiger partial charge in [0.25, 0.3) is 11.2 Å². The van der Waals surface area contributed by atoms with Crippen LogP contribution in [0.1, 0.15) is 22.8 Å². The lowest BCUT2D eigenvalue weighted by molar-refractivity contribution is -0.385. The number of nitrogens with zero attached hydrogens (tertiary/aromatic N) is 2. The highest BCUT2D eigenvalue weighted by Gasteiger charge is 2.14. The molecule has 0 spiro atoms. The number of carbonyl (C=O) groups is 2. The van der Waals surface area contributed by atoms with Crippen molar-refractivity contribution < 1.29 is 14.5 Å². The second-order valence-electron chi connectivity index (χ2n) is 5.26. The summed E-state index contributed by atoms with van der Waals surface area (Å²) in [4.78, 5) is 45.6. The second-order valence-corrected chi connectivity index (χ2v) is 5.26. The van der Waals surface area contributed by atoms with Gasteiger partial charge in [-0.15, -0.1) is 0 Å². The summed E-state index contributed by atoms with van der Waals surface area (Å²) in [5, 5.41) is 13.4. The third-order valence-electron chi connectivity index (χ3n) is 3.33. The maximum atomic E-state index is 12.1. The molecule has 8 nitrogen and oxygen atoms in total. The number of hydrogen-bond acceptors (Lipinski definition) is 5. The number of pyridine rings is 1. The van der Waals surface area contributed by atoms with E-state index >= 15 is 0 Å². The van der Waals surface area contributed by atoms with Crippen LogP contribution >= 0.6 is 0 Å². The normalized spacial score (nSPS) is 10.2. The molecule has 0 fully saturated rings. The van der Waals surface area contributed by atoms with E-state index in [9.17, 15) is 24.5 Å². The van der Waals surface area contributed by atoms with Crippen LogP contribution in [0.25, 0.3) is 0 Å². The van der Waals surface area contributed by atoms with E-state index in [-0.39, 0.29) is 23.6 Å². The minimum Gasteiger partial charge on any atom is -0.325 e. The Morgan fingerprint density at radius 3 is 2.62 bits per heavy atom. The molecule has 2 aromatic rings. The first kappa shape index (κ1) is 17.1. The molecule has 1 N–H and O–H groups in total. The number of Topliss-reactive ketones (excluding diaryl/α,β-unsaturated/α-hetero) is 1. The zero-order valence-electron chi connectivity index (χ0n) is 13.1. The molecule has 0 saturated heterocycles. The molecule has 0 unspecified atom stereocenters. The number of amides is 1. The van der Waals surface area contributed by atoms with Gasteiger partial charge < -0.3 is 5.32 Å². The highest BCUT2D eigenvalue weighted by molar-refractivity contribution is 5.97. The Bertz CT molecular complexity index is 886. The van der Waals surface area contributed by atoms with Gasteiger partial charge >= 0.3 is 0 Å². The zero-order valence-corrected chi connectivity index (χ0v) is 13.1. The van der Waals surface area contributed by atoms with Crippen molar-refractivity contribution in [2.24, 2.45) is 0 Å². The molecule has 1 amide bonds. The van der Waals surface area contributed by atoms with Gasteiger partial charge in [0.1, 0.15) is 6.54 Å². The number of rotatable bonds is 5. The number of hydrogen-bond donors (Lipinski definition) is 1. The van der Waals surface area contributed by atoms with Crippen LogP contribution in [0.4, 0.5) is 11.4 Å². The Morgan fingerprint density at radius 1 is 1.29 bits per heavy atom. The maximum absolute atomic E-state index is 12.1. The summed E-state index contributed by atoms with van der Waals surface area (Å²) >= 11 is 0. The van der Waals surface area contributed by atoms with Crippen LogP contribution in [0.3, 0.4) is 0 Å². The first-order valence-corrected chi connectivity index (χ1v) is 7.04. The van der Waals surface area contributed by atoms with Crippen molar-refractivity contribution in [1.29, 1.82) is 0 Å². The fourth-order valence-electron chi connectivity index (χ4n) is 2.15. The van der Waals surface area contributed by atoms with Gasteiger partial charge in [-0.25, -0.2) is 0 Å². The van der Waals surface area contributed by atoms with Gasteiger partial charge in [-0.05, 0) is 26.0 Å². The fraction of sp³-hybridized carbons (Fsp3) is 0.188. The van der Waals surface area contributed by atoms with Gasteiger partial charge in [0.2, 0.25) is 5.91 Å². The first-order valence-electron chi connectivity index (χ1n) is 7.04. The Morgan fingerprint density at radius 2 is 2.00 bits per heavy atom. The fourth-order valence-corrected chi connectivity index (χ4v) is 2.15. The largest absolute Gasteiger partial charge is 0.325 e. The van der Waals surface area contributed by atoms with Crippen molar-refractivity contribution in [3.63, 3.8) is 0 Å². The highest BCUT2D eigenvalue weighted by atomic mass is 16.6. The van der Waals surface area contributed by atoms with Crippen LogP contribution in [0, 0.1) is 17.0 Å². The third-order valence-corrected chi connectivity index (χ3v) is 3.33. The van der Waals surface area contributed by atoms with Crippen LogP contribution < -0.4 is 10.9 Å². The minimum atomic E-state index is -0.628. The lowest BCUT2D eigenvalue weighted by atomic mass is 10.1. The molecular weight excluding hydrogens is 314 g/mol. The number of aryl methyl sites for hydroxylation is 1. The molecule has 24 heavy (non-hydrogen) atoms. The maximum Gasteiger partial charge on any atom is 0.286 e. The van der Waals surface area contributed by atoms with Gasteiger partial charge in [-0.2, -0.15) is 0 Å². The van der Waals surface area contributed by atoms with Gasteiger partial charge in [-0.1, -0.05) is 12.1 Å². The summed E-state index contributed by atoms with van der Waals surface area (Å²) in [5.41, 5.74) is 0.279. The van der Waals surface area contributed by atoms with E-state index < -0.39 is 16.4 Å². The quantitative estimate of drug-likeness (QED) is 0.511. The van der Waals surface area contributed by atoms with Crippen LogP contribution in [-0.4, -0.2) is 21.2 Å². The summed E-state index contributed by atoms with van der Waals surface area (Å²) in [6.07, 6.45) is 1.03. The minimum absolute atomic E-state index is 0.142. The van der Waals surface area contributed by atoms with Crippen LogP contribution in [0.2, 0.25) is 0 Å². The van der Waals surface area contributed by atoms with E-state index in [1.165, 1.54) is 19.9 Å². The predicted octanol–water partition coefficient (Wildman–Crippen LogP) is 1.91. The average molecular weight is 329 g/mol. The summed E-state index contributed by atoms with van der Waals surface area (Å²) in [6.45, 7) is 2.48. The number of aromatic nitrogens is 1. The molecule has 8 heteroatoms. The Hall–Kier alpha value is -3.29. The molecule has 0 aliphatic carbocycles. The molecule has 0 atom stereocenters. The van der Waals surface area contributed by atoms with Crippen LogP contribution in [0.15, 0.2) is 41.3 Å². The monoisotopic (exact) mass is 329 g/mol. The van der Waals surface area contributed by atoms with E-state index in [4.69, 9.17) is 0 Å². The molecule has 1 aromatic heterocycles. The molecule has 0 aliphatic heterocycles. The molecule has 1 heterocycles. The smallest absolute Gasteiger partial charge is 0.286 e. The van der Waals surface area contributed by atoms with Gasteiger partial charge in [0.15, 0.2) is 5.78 Å². The first-order chi connectivity index (χ1) is 11.3. The van der Waals surface area contributed by atoms with Crippen molar-refractivity contribution in [3.05, 3.63) is 68.1 Å². The van der Waals surface area contributed by atoms with Crippen LogP contribution in [-0.2, 0) is 11.3 Å². The highest BCUT2D eigenvalue weighted by Crippen LogP contribution is 2.12. The van der Waals surface area contributed by atoms with E-state index in [2.05, 4.69) is 5.32 Å². The summed E-state index contributed by atoms with van der Waals surface area (Å²) in [7, 11) is 0. The number of anilines is 1. The SMILES string of the molecule is CC(=O)c1cccc(NC(=O)Cn2cc([N+](=O)[O-])cc(C)c2=O)c1. The summed E-state index contributed by atoms with van der Waals surface area (Å²) < 4.78 is 0.984. The molecule has 1 aromatic carbocycles. The van der Waals surface area contributed by atoms with Crippen LogP contribution in [0.5, 0.6) is 0 Å². The summed E-state index contributed by atoms with van der Waals surface area (Å²) in [6, 6.07) is 7.52. The third kappa shape index (κ3) is 3.92. The Labute approximate surface area is 136 Å².